The van der Waals surface area contributed by atoms with Gasteiger partial charge in [-0.25, -0.2) is 0 Å². The third kappa shape index (κ3) is 18.7. The van der Waals surface area contributed by atoms with Gasteiger partial charge in [-0.05, 0) is 25.7 Å². The maximum atomic E-state index is 9.86. The van der Waals surface area contributed by atoms with Gasteiger partial charge in [-0.3, -0.25) is 0 Å². The first-order chi connectivity index (χ1) is 9.07. The molecule has 0 bridgehead atoms. The fraction of sp³-hybridized carbons (Fsp3) is 0.600. The number of hydrogen-bond donors (Lipinski definition) is 2. The molecule has 0 fully saturated rings. The molecule has 0 saturated heterocycles. The van der Waals surface area contributed by atoms with E-state index in [4.69, 9.17) is 11.5 Å². The van der Waals surface area contributed by atoms with Crippen LogP contribution in [0.2, 0.25) is 0 Å². The zero-order valence-electron chi connectivity index (χ0n) is 10.9. The largest absolute Gasteiger partial charge is 4.00 e. The SMILES string of the molecule is N[C@@H](CCC(=O)[O-])C(=O)[O-].N[C@@H](CCC(=O)[O-])C(=O)[O-].[Zr+4]. The number of hydrogen-bond acceptors (Lipinski definition) is 10. The van der Waals surface area contributed by atoms with Crippen molar-refractivity contribution in [3.63, 3.8) is 0 Å². The van der Waals surface area contributed by atoms with Gasteiger partial charge in [-0.15, -0.1) is 0 Å². The third-order valence-corrected chi connectivity index (χ3v) is 1.92. The van der Waals surface area contributed by atoms with Gasteiger partial charge in [0, 0.05) is 24.0 Å². The van der Waals surface area contributed by atoms with Crippen LogP contribution in [0.25, 0.3) is 0 Å². The minimum atomic E-state index is -1.44. The van der Waals surface area contributed by atoms with Crippen molar-refractivity contribution < 1.29 is 65.8 Å². The molecule has 10 nitrogen and oxygen atoms in total. The van der Waals surface area contributed by atoms with Gasteiger partial charge >= 0.3 is 26.2 Å². The summed E-state index contributed by atoms with van der Waals surface area (Å²) in [6, 6.07) is -2.42. The van der Waals surface area contributed by atoms with Gasteiger partial charge in [0.2, 0.25) is 0 Å². The van der Waals surface area contributed by atoms with Crippen LogP contribution in [0.5, 0.6) is 0 Å². The molecule has 116 valence electrons. The number of carbonyl (C=O) groups excluding carboxylic acids is 4. The molecular weight excluding hydrogens is 367 g/mol. The molecule has 21 heavy (non-hydrogen) atoms. The van der Waals surface area contributed by atoms with Crippen LogP contribution in [-0.4, -0.2) is 36.0 Å². The van der Waals surface area contributed by atoms with Crippen LogP contribution in [0.1, 0.15) is 25.7 Å². The van der Waals surface area contributed by atoms with Crippen LogP contribution in [0, 0.1) is 0 Å². The van der Waals surface area contributed by atoms with Gasteiger partial charge in [0.15, 0.2) is 0 Å². The van der Waals surface area contributed by atoms with Gasteiger partial charge in [-0.1, -0.05) is 0 Å². The summed E-state index contributed by atoms with van der Waals surface area (Å²) in [5.41, 5.74) is 9.82. The number of aliphatic carboxylic acids is 4. The van der Waals surface area contributed by atoms with Crippen molar-refractivity contribution in [2.24, 2.45) is 11.5 Å². The Morgan fingerprint density at radius 1 is 0.714 bits per heavy atom. The van der Waals surface area contributed by atoms with Gasteiger partial charge in [-0.2, -0.15) is 0 Å². The van der Waals surface area contributed by atoms with Crippen LogP contribution in [0.15, 0.2) is 0 Å². The summed E-state index contributed by atoms with van der Waals surface area (Å²) in [6.45, 7) is 0. The predicted octanol–water partition coefficient (Wildman–Crippen LogP) is -6.82. The summed E-state index contributed by atoms with van der Waals surface area (Å²) < 4.78 is 0. The van der Waals surface area contributed by atoms with Crippen LogP contribution in [0.3, 0.4) is 0 Å². The molecule has 0 radical (unpaired) electrons. The van der Waals surface area contributed by atoms with E-state index < -0.39 is 36.0 Å². The molecule has 0 aromatic heterocycles. The molecule has 0 heterocycles. The Morgan fingerprint density at radius 3 is 1.10 bits per heavy atom. The van der Waals surface area contributed by atoms with Crippen molar-refractivity contribution in [3.8, 4) is 0 Å². The van der Waals surface area contributed by atoms with E-state index in [-0.39, 0.29) is 51.9 Å². The Balaban J connectivity index is -0.000000295. The first-order valence-corrected chi connectivity index (χ1v) is 5.40. The van der Waals surface area contributed by atoms with E-state index >= 15 is 0 Å². The molecule has 0 aromatic rings. The molecule has 0 spiro atoms. The number of carbonyl (C=O) groups is 4. The van der Waals surface area contributed by atoms with Crippen molar-refractivity contribution in [1.82, 2.24) is 0 Å². The molecule has 0 unspecified atom stereocenters. The number of nitrogens with two attached hydrogens (primary N) is 2. The van der Waals surface area contributed by atoms with E-state index in [2.05, 4.69) is 0 Å². The molecule has 4 N–H and O–H groups in total. The van der Waals surface area contributed by atoms with Crippen molar-refractivity contribution in [3.05, 3.63) is 0 Å². The molecule has 0 aromatic carbocycles. The van der Waals surface area contributed by atoms with E-state index in [1.807, 2.05) is 0 Å². The van der Waals surface area contributed by atoms with E-state index in [1.54, 1.807) is 0 Å². The standard InChI is InChI=1S/2C5H9NO4.Zr/c2*6-3(5(9)10)1-2-4(7)8;/h2*3H,1-2,6H2,(H,7,8)(H,9,10);/q;;+4/p-4/t2*3-;/m00./s1. The van der Waals surface area contributed by atoms with E-state index in [9.17, 15) is 39.6 Å². The Labute approximate surface area is 139 Å². The smallest absolute Gasteiger partial charge is 0.550 e. The molecular formula is C10H14N2O8Zr. The van der Waals surface area contributed by atoms with Gasteiger partial charge in [0.1, 0.15) is 0 Å². The van der Waals surface area contributed by atoms with Gasteiger partial charge in [0.25, 0.3) is 0 Å². The van der Waals surface area contributed by atoms with Crippen molar-refractivity contribution in [2.75, 3.05) is 0 Å². The maximum absolute atomic E-state index is 9.86. The normalized spacial score (nSPS) is 11.9. The van der Waals surface area contributed by atoms with Gasteiger partial charge in [0.05, 0.1) is 11.9 Å². The molecule has 0 saturated carbocycles. The topological polar surface area (TPSA) is 213 Å². The first kappa shape index (κ1) is 24.7. The van der Waals surface area contributed by atoms with Crippen molar-refractivity contribution in [1.29, 1.82) is 0 Å². The Hall–Kier alpha value is -1.32. The van der Waals surface area contributed by atoms with Crippen LogP contribution in [-0.2, 0) is 45.4 Å². The van der Waals surface area contributed by atoms with E-state index in [1.165, 1.54) is 0 Å². The Bertz CT molecular complexity index is 329. The van der Waals surface area contributed by atoms with Crippen LogP contribution >= 0.6 is 0 Å². The second-order valence-electron chi connectivity index (χ2n) is 3.67. The minimum absolute atomic E-state index is 0. The Kier molecular flexibility index (Phi) is 16.1. The summed E-state index contributed by atoms with van der Waals surface area (Å²) in [5, 5.41) is 39.2. The molecule has 0 rings (SSSR count). The molecule has 0 aliphatic rings. The molecule has 0 amide bonds. The third-order valence-electron chi connectivity index (χ3n) is 1.92. The molecule has 11 heteroatoms. The summed E-state index contributed by atoms with van der Waals surface area (Å²) in [6.07, 6.45) is -1.00. The Morgan fingerprint density at radius 2 is 0.952 bits per heavy atom. The van der Waals surface area contributed by atoms with Gasteiger partial charge < -0.3 is 51.1 Å². The number of carboxylic acids is 4. The second-order valence-corrected chi connectivity index (χ2v) is 3.67. The monoisotopic (exact) mass is 380 g/mol. The average Bonchev–Trinajstić information content (AvgIpc) is 2.33. The van der Waals surface area contributed by atoms with Crippen molar-refractivity contribution >= 4 is 23.9 Å². The van der Waals surface area contributed by atoms with Crippen LogP contribution in [0.4, 0.5) is 0 Å². The fourth-order valence-electron chi connectivity index (χ4n) is 0.782. The van der Waals surface area contributed by atoms with Crippen LogP contribution < -0.4 is 31.9 Å². The summed E-state index contributed by atoms with van der Waals surface area (Å²) in [4.78, 5) is 39.2. The van der Waals surface area contributed by atoms with Crippen molar-refractivity contribution in [2.45, 2.75) is 37.8 Å². The molecule has 0 aliphatic carbocycles. The number of rotatable bonds is 8. The second kappa shape index (κ2) is 13.7. The summed E-state index contributed by atoms with van der Waals surface area (Å²) >= 11 is 0. The summed E-state index contributed by atoms with van der Waals surface area (Å²) in [5.74, 6) is -5.50. The fourth-order valence-corrected chi connectivity index (χ4v) is 0.782. The average molecular weight is 381 g/mol. The predicted molar refractivity (Wildman–Crippen MR) is 54.4 cm³/mol. The quantitative estimate of drug-likeness (QED) is 0.405. The minimum Gasteiger partial charge on any atom is -0.550 e. The van der Waals surface area contributed by atoms with E-state index in [0.29, 0.717) is 0 Å². The first-order valence-electron chi connectivity index (χ1n) is 5.40. The summed E-state index contributed by atoms with van der Waals surface area (Å²) in [7, 11) is 0. The molecule has 2 atom stereocenters. The zero-order valence-corrected chi connectivity index (χ0v) is 13.4. The maximum Gasteiger partial charge on any atom is 4.00 e. The zero-order chi connectivity index (χ0) is 16.3. The van der Waals surface area contributed by atoms with E-state index in [0.717, 1.165) is 0 Å². The number of carboxylic acid groups (broad SMARTS) is 4. The molecule has 0 aliphatic heterocycles.